The van der Waals surface area contributed by atoms with Gasteiger partial charge in [-0.25, -0.2) is 0 Å². The van der Waals surface area contributed by atoms with Crippen molar-refractivity contribution in [3.8, 4) is 0 Å². The Bertz CT molecular complexity index is 336. The van der Waals surface area contributed by atoms with Crippen molar-refractivity contribution in [3.05, 3.63) is 22.4 Å². The Morgan fingerprint density at radius 3 is 3.00 bits per heavy atom. The fourth-order valence-corrected chi connectivity index (χ4v) is 4.19. The average molecular weight is 252 g/mol. The molecule has 0 aromatic carbocycles. The third kappa shape index (κ3) is 2.42. The van der Waals surface area contributed by atoms with Gasteiger partial charge in [-0.05, 0) is 37.3 Å². The second kappa shape index (κ2) is 5.51. The van der Waals surface area contributed by atoms with Crippen molar-refractivity contribution in [3.63, 3.8) is 0 Å². The van der Waals surface area contributed by atoms with E-state index in [1.54, 1.807) is 0 Å². The lowest BCUT2D eigenvalue weighted by Crippen LogP contribution is -2.54. The number of hydrogen-bond acceptors (Lipinski definition) is 3. The molecule has 2 N–H and O–H groups in total. The molecule has 1 heterocycles. The molecule has 0 bridgehead atoms. The highest BCUT2D eigenvalue weighted by molar-refractivity contribution is 7.09. The summed E-state index contributed by atoms with van der Waals surface area (Å²) in [5, 5.41) is 2.16. The van der Waals surface area contributed by atoms with Crippen LogP contribution in [0.1, 0.15) is 37.5 Å². The quantitative estimate of drug-likeness (QED) is 0.872. The first-order chi connectivity index (χ1) is 8.23. The van der Waals surface area contributed by atoms with Gasteiger partial charge in [0.25, 0.3) is 0 Å². The maximum atomic E-state index is 6.13. The summed E-state index contributed by atoms with van der Waals surface area (Å²) in [5.41, 5.74) is 6.38. The minimum absolute atomic E-state index is 0.249. The van der Waals surface area contributed by atoms with Crippen molar-refractivity contribution in [2.75, 3.05) is 13.6 Å². The van der Waals surface area contributed by atoms with E-state index in [1.165, 1.54) is 30.6 Å². The van der Waals surface area contributed by atoms with Gasteiger partial charge in [-0.1, -0.05) is 25.8 Å². The monoisotopic (exact) mass is 252 g/mol. The van der Waals surface area contributed by atoms with Gasteiger partial charge in [0.2, 0.25) is 0 Å². The summed E-state index contributed by atoms with van der Waals surface area (Å²) in [6.07, 6.45) is 5.21. The van der Waals surface area contributed by atoms with Crippen LogP contribution < -0.4 is 5.73 Å². The second-order valence-corrected chi connectivity index (χ2v) is 6.27. The van der Waals surface area contributed by atoms with Crippen LogP contribution in [0.4, 0.5) is 0 Å². The van der Waals surface area contributed by atoms with Crippen LogP contribution in [-0.2, 0) is 6.54 Å². The van der Waals surface area contributed by atoms with Crippen molar-refractivity contribution >= 4 is 11.3 Å². The zero-order valence-electron chi connectivity index (χ0n) is 11.0. The molecule has 1 aliphatic rings. The van der Waals surface area contributed by atoms with E-state index in [0.29, 0.717) is 0 Å². The summed E-state index contributed by atoms with van der Waals surface area (Å²) >= 11 is 1.85. The van der Waals surface area contributed by atoms with Crippen LogP contribution in [0.25, 0.3) is 0 Å². The molecule has 96 valence electrons. The Morgan fingerprint density at radius 2 is 2.41 bits per heavy atom. The van der Waals surface area contributed by atoms with E-state index in [-0.39, 0.29) is 5.54 Å². The molecule has 0 spiro atoms. The van der Waals surface area contributed by atoms with Gasteiger partial charge in [-0.2, -0.15) is 0 Å². The van der Waals surface area contributed by atoms with E-state index < -0.39 is 0 Å². The topological polar surface area (TPSA) is 29.3 Å². The highest BCUT2D eigenvalue weighted by Gasteiger charge is 2.43. The zero-order valence-corrected chi connectivity index (χ0v) is 11.8. The Morgan fingerprint density at radius 1 is 1.59 bits per heavy atom. The first-order valence-electron chi connectivity index (χ1n) is 6.66. The number of likely N-dealkylation sites (N-methyl/N-ethyl adjacent to an activating group) is 1. The van der Waals surface area contributed by atoms with Crippen LogP contribution >= 0.6 is 11.3 Å². The smallest absolute Gasteiger partial charge is 0.0360 e. The first-order valence-corrected chi connectivity index (χ1v) is 7.54. The predicted octanol–water partition coefficient (Wildman–Crippen LogP) is 3.09. The summed E-state index contributed by atoms with van der Waals surface area (Å²) in [5.74, 6) is 0.775. The van der Waals surface area contributed by atoms with Crippen molar-refractivity contribution in [2.45, 2.75) is 44.7 Å². The van der Waals surface area contributed by atoms with Crippen molar-refractivity contribution in [1.29, 1.82) is 0 Å². The van der Waals surface area contributed by atoms with Gasteiger partial charge in [0.05, 0.1) is 0 Å². The third-order valence-electron chi connectivity index (χ3n) is 4.50. The summed E-state index contributed by atoms with van der Waals surface area (Å²) in [7, 11) is 2.25. The molecule has 0 saturated heterocycles. The lowest BCUT2D eigenvalue weighted by atomic mass is 9.83. The van der Waals surface area contributed by atoms with Crippen molar-refractivity contribution < 1.29 is 0 Å². The Balaban J connectivity index is 2.11. The van der Waals surface area contributed by atoms with Crippen LogP contribution in [0.3, 0.4) is 0 Å². The van der Waals surface area contributed by atoms with Gasteiger partial charge in [0.1, 0.15) is 0 Å². The highest BCUT2D eigenvalue weighted by Crippen LogP contribution is 2.41. The lowest BCUT2D eigenvalue weighted by Gasteiger charge is -2.42. The van der Waals surface area contributed by atoms with E-state index in [0.717, 1.165) is 19.0 Å². The molecule has 1 aromatic heterocycles. The van der Waals surface area contributed by atoms with Crippen LogP contribution in [0.15, 0.2) is 17.5 Å². The van der Waals surface area contributed by atoms with Crippen LogP contribution in [-0.4, -0.2) is 24.0 Å². The van der Waals surface area contributed by atoms with Gasteiger partial charge in [0.15, 0.2) is 0 Å². The Labute approximate surface area is 109 Å². The number of nitrogens with zero attached hydrogens (tertiary/aromatic N) is 1. The second-order valence-electron chi connectivity index (χ2n) is 5.24. The van der Waals surface area contributed by atoms with Crippen LogP contribution in [0.2, 0.25) is 0 Å². The summed E-state index contributed by atoms with van der Waals surface area (Å²) < 4.78 is 0. The lowest BCUT2D eigenvalue weighted by molar-refractivity contribution is 0.0756. The number of thiophene rings is 1. The van der Waals surface area contributed by atoms with Gasteiger partial charge in [-0.15, -0.1) is 11.3 Å². The normalized spacial score (nSPS) is 29.1. The summed E-state index contributed by atoms with van der Waals surface area (Å²) in [4.78, 5) is 3.96. The predicted molar refractivity (Wildman–Crippen MR) is 75.2 cm³/mol. The third-order valence-corrected chi connectivity index (χ3v) is 5.36. The average Bonchev–Trinajstić information content (AvgIpc) is 2.96. The Kier molecular flexibility index (Phi) is 4.23. The van der Waals surface area contributed by atoms with Gasteiger partial charge < -0.3 is 5.73 Å². The summed E-state index contributed by atoms with van der Waals surface area (Å²) in [6, 6.07) is 4.36. The molecule has 2 nitrogen and oxygen atoms in total. The van der Waals surface area contributed by atoms with Gasteiger partial charge in [0, 0.05) is 23.5 Å². The molecule has 1 fully saturated rings. The van der Waals surface area contributed by atoms with Crippen molar-refractivity contribution in [2.24, 2.45) is 11.7 Å². The molecule has 0 aliphatic heterocycles. The largest absolute Gasteiger partial charge is 0.329 e. The zero-order chi connectivity index (χ0) is 12.3. The standard InChI is InChI=1S/C14H24N2S/c1-3-12-6-4-8-14(12,11-15)16(2)10-13-7-5-9-17-13/h5,7,9,12H,3-4,6,8,10-11,15H2,1-2H3. The van der Waals surface area contributed by atoms with Crippen LogP contribution in [0.5, 0.6) is 0 Å². The molecule has 2 atom stereocenters. The number of rotatable bonds is 5. The highest BCUT2D eigenvalue weighted by atomic mass is 32.1. The molecule has 1 saturated carbocycles. The fraction of sp³-hybridized carbons (Fsp3) is 0.714. The molecule has 3 heteroatoms. The first kappa shape index (κ1) is 13.1. The fourth-order valence-electron chi connectivity index (χ4n) is 3.43. The van der Waals surface area contributed by atoms with E-state index in [9.17, 15) is 0 Å². The molecule has 17 heavy (non-hydrogen) atoms. The minimum atomic E-state index is 0.249. The van der Waals surface area contributed by atoms with Gasteiger partial charge >= 0.3 is 0 Å². The molecule has 0 amide bonds. The maximum Gasteiger partial charge on any atom is 0.0360 e. The van der Waals surface area contributed by atoms with E-state index in [4.69, 9.17) is 5.73 Å². The Hall–Kier alpha value is -0.380. The molecule has 2 rings (SSSR count). The molecular weight excluding hydrogens is 228 g/mol. The van der Waals surface area contributed by atoms with E-state index >= 15 is 0 Å². The molecule has 0 radical (unpaired) electrons. The van der Waals surface area contributed by atoms with Crippen molar-refractivity contribution in [1.82, 2.24) is 4.90 Å². The van der Waals surface area contributed by atoms with Gasteiger partial charge in [-0.3, -0.25) is 4.90 Å². The number of nitrogens with two attached hydrogens (primary N) is 1. The minimum Gasteiger partial charge on any atom is -0.329 e. The maximum absolute atomic E-state index is 6.13. The van der Waals surface area contributed by atoms with E-state index in [1.807, 2.05) is 11.3 Å². The molecule has 2 unspecified atom stereocenters. The molecular formula is C14H24N2S. The molecule has 1 aromatic rings. The number of hydrogen-bond donors (Lipinski definition) is 1. The summed E-state index contributed by atoms with van der Waals surface area (Å²) in [6.45, 7) is 4.15. The molecule has 1 aliphatic carbocycles. The van der Waals surface area contributed by atoms with Crippen LogP contribution in [0, 0.1) is 5.92 Å². The SMILES string of the molecule is CCC1CCCC1(CN)N(C)Cc1cccs1. The van der Waals surface area contributed by atoms with E-state index in [2.05, 4.69) is 36.4 Å².